The molecule has 1 aromatic rings. The van der Waals surface area contributed by atoms with Crippen LogP contribution in [0.3, 0.4) is 0 Å². The molecule has 0 fully saturated rings. The Hall–Kier alpha value is -3.74. The van der Waals surface area contributed by atoms with Crippen LogP contribution in [0.4, 0.5) is 0 Å². The van der Waals surface area contributed by atoms with Crippen molar-refractivity contribution in [3.63, 3.8) is 0 Å². The maximum Gasteiger partial charge on any atom is 0.252 e. The molecule has 0 aliphatic rings. The van der Waals surface area contributed by atoms with Crippen LogP contribution in [0.2, 0.25) is 0 Å². The second-order valence-corrected chi connectivity index (χ2v) is 12.7. The normalized spacial score (nSPS) is 15.2. The van der Waals surface area contributed by atoms with Gasteiger partial charge in [-0.05, 0) is 44.4 Å². The molecule has 13 heteroatoms. The van der Waals surface area contributed by atoms with Crippen molar-refractivity contribution in [1.82, 2.24) is 31.9 Å². The quantitative estimate of drug-likeness (QED) is 0.0916. The van der Waals surface area contributed by atoms with Crippen molar-refractivity contribution in [1.29, 1.82) is 0 Å². The Morgan fingerprint density at radius 1 is 0.783 bits per heavy atom. The molecule has 6 N–H and O–H groups in total. The van der Waals surface area contributed by atoms with Crippen LogP contribution in [0.25, 0.3) is 0 Å². The summed E-state index contributed by atoms with van der Waals surface area (Å²) in [6, 6.07) is -0.613. The van der Waals surface area contributed by atoms with Crippen LogP contribution in [0.5, 0.6) is 0 Å². The van der Waals surface area contributed by atoms with Crippen molar-refractivity contribution in [2.45, 2.75) is 118 Å². The number of amides is 5. The van der Waals surface area contributed by atoms with Crippen LogP contribution in [0, 0.1) is 23.0 Å². The summed E-state index contributed by atoms with van der Waals surface area (Å²) in [5.74, 6) is -1.97. The highest BCUT2D eigenvalue weighted by Crippen LogP contribution is 2.12. The van der Waals surface area contributed by atoms with Gasteiger partial charge < -0.3 is 37.1 Å². The van der Waals surface area contributed by atoms with E-state index in [9.17, 15) is 29.2 Å². The summed E-state index contributed by atoms with van der Waals surface area (Å²) in [4.78, 5) is 65.2. The SMILES string of the molecule is CCC[C@H](NC(=O)[C@@H](NC(=O)c1cc[n+]([O-])cc1)C(C)CC)C(=O)N[C@H](CN[C@@H](C)C(=O)N[C@H](C(=O)NCC)C(C)C)CC(C)C. The van der Waals surface area contributed by atoms with E-state index < -0.39 is 36.0 Å². The van der Waals surface area contributed by atoms with E-state index in [0.29, 0.717) is 43.5 Å². The molecule has 1 aromatic heterocycles. The van der Waals surface area contributed by atoms with E-state index in [0.717, 1.165) is 0 Å². The minimum Gasteiger partial charge on any atom is -0.619 e. The monoisotopic (exact) mass is 647 g/mol. The van der Waals surface area contributed by atoms with Crippen molar-refractivity contribution >= 4 is 29.5 Å². The van der Waals surface area contributed by atoms with Gasteiger partial charge in [-0.15, -0.1) is 0 Å². The molecule has 0 aliphatic heterocycles. The number of pyridine rings is 1. The molecule has 5 amide bonds. The summed E-state index contributed by atoms with van der Waals surface area (Å²) in [6.45, 7) is 17.7. The highest BCUT2D eigenvalue weighted by atomic mass is 16.5. The standard InChI is InChI=1S/C33H57N7O6/c1-10-13-26(37-33(45)28(22(8)11-2)39-30(42)24-14-16-40(46)17-15-24)31(43)36-25(18-20(4)5)19-35-23(9)29(41)38-27(21(6)7)32(44)34-12-3/h14-17,20-23,25-28,35H,10-13,18-19H2,1-9H3,(H,34,44)(H,36,43)(H,37,45)(H,38,41)(H,39,42)/t22?,23-,25-,26-,27-,28-/m0/s1. The van der Waals surface area contributed by atoms with Crippen molar-refractivity contribution in [3.05, 3.63) is 35.3 Å². The number of hydrogen-bond donors (Lipinski definition) is 6. The highest BCUT2D eigenvalue weighted by molar-refractivity contribution is 5.98. The Kier molecular flexibility index (Phi) is 17.9. The first kappa shape index (κ1) is 40.3. The average molecular weight is 648 g/mol. The summed E-state index contributed by atoms with van der Waals surface area (Å²) >= 11 is 0. The van der Waals surface area contributed by atoms with Gasteiger partial charge >= 0.3 is 0 Å². The average Bonchev–Trinajstić information content (AvgIpc) is 3.00. The van der Waals surface area contributed by atoms with Crippen LogP contribution >= 0.6 is 0 Å². The molecular weight excluding hydrogens is 590 g/mol. The van der Waals surface area contributed by atoms with Gasteiger partial charge in [0.15, 0.2) is 12.4 Å². The summed E-state index contributed by atoms with van der Waals surface area (Å²) in [6.07, 6.45) is 4.66. The zero-order valence-electron chi connectivity index (χ0n) is 29.1. The predicted molar refractivity (Wildman–Crippen MR) is 177 cm³/mol. The third-order valence-corrected chi connectivity index (χ3v) is 7.82. The molecule has 0 saturated heterocycles. The Labute approximate surface area is 274 Å². The predicted octanol–water partition coefficient (Wildman–Crippen LogP) is 1.54. The summed E-state index contributed by atoms with van der Waals surface area (Å²) in [7, 11) is 0. The molecule has 46 heavy (non-hydrogen) atoms. The van der Waals surface area contributed by atoms with Crippen molar-refractivity contribution in [2.24, 2.45) is 17.8 Å². The van der Waals surface area contributed by atoms with Gasteiger partial charge in [0.2, 0.25) is 23.6 Å². The molecule has 0 aromatic carbocycles. The number of carbonyl (C=O) groups is 5. The fourth-order valence-corrected chi connectivity index (χ4v) is 4.88. The largest absolute Gasteiger partial charge is 0.619 e. The van der Waals surface area contributed by atoms with Gasteiger partial charge in [-0.25, -0.2) is 0 Å². The molecule has 13 nitrogen and oxygen atoms in total. The molecular formula is C33H57N7O6. The zero-order chi connectivity index (χ0) is 35.0. The van der Waals surface area contributed by atoms with E-state index in [1.807, 2.05) is 55.4 Å². The van der Waals surface area contributed by atoms with Crippen LogP contribution in [0.1, 0.15) is 98.4 Å². The highest BCUT2D eigenvalue weighted by Gasteiger charge is 2.31. The Morgan fingerprint density at radius 2 is 1.41 bits per heavy atom. The van der Waals surface area contributed by atoms with Crippen LogP contribution in [-0.2, 0) is 19.2 Å². The molecule has 0 radical (unpaired) electrons. The van der Waals surface area contributed by atoms with Crippen molar-refractivity contribution in [2.75, 3.05) is 13.1 Å². The topological polar surface area (TPSA) is 184 Å². The van der Waals surface area contributed by atoms with Gasteiger partial charge in [-0.2, -0.15) is 4.73 Å². The second kappa shape index (κ2) is 20.4. The molecule has 0 aliphatic carbocycles. The number of rotatable bonds is 20. The van der Waals surface area contributed by atoms with E-state index in [4.69, 9.17) is 0 Å². The Morgan fingerprint density at radius 3 is 1.93 bits per heavy atom. The lowest BCUT2D eigenvalue weighted by Gasteiger charge is -2.29. The fraction of sp³-hybridized carbons (Fsp3) is 0.697. The first-order chi connectivity index (χ1) is 21.6. The van der Waals surface area contributed by atoms with E-state index >= 15 is 0 Å². The van der Waals surface area contributed by atoms with Crippen LogP contribution < -0.4 is 36.6 Å². The van der Waals surface area contributed by atoms with Crippen molar-refractivity contribution in [3.8, 4) is 0 Å². The molecule has 0 saturated carbocycles. The first-order valence-corrected chi connectivity index (χ1v) is 16.6. The summed E-state index contributed by atoms with van der Waals surface area (Å²) in [5, 5.41) is 28.8. The molecule has 0 bridgehead atoms. The molecule has 260 valence electrons. The lowest BCUT2D eigenvalue weighted by molar-refractivity contribution is -0.605. The van der Waals surface area contributed by atoms with E-state index in [2.05, 4.69) is 31.9 Å². The number of hydrogen-bond acceptors (Lipinski definition) is 7. The number of aromatic nitrogens is 1. The smallest absolute Gasteiger partial charge is 0.252 e. The lowest BCUT2D eigenvalue weighted by atomic mass is 9.97. The van der Waals surface area contributed by atoms with Crippen LogP contribution in [0.15, 0.2) is 24.5 Å². The third kappa shape index (κ3) is 13.7. The Balaban J connectivity index is 2.97. The lowest BCUT2D eigenvalue weighted by Crippen LogP contribution is -2.58. The molecule has 1 heterocycles. The minimum absolute atomic E-state index is 0.0981. The van der Waals surface area contributed by atoms with E-state index in [1.165, 1.54) is 24.5 Å². The molecule has 1 unspecified atom stereocenters. The number of nitrogens with zero attached hydrogens (tertiary/aromatic N) is 1. The minimum atomic E-state index is -0.897. The first-order valence-electron chi connectivity index (χ1n) is 16.6. The van der Waals surface area contributed by atoms with Crippen LogP contribution in [-0.4, -0.2) is 72.8 Å². The van der Waals surface area contributed by atoms with E-state index in [-0.39, 0.29) is 47.1 Å². The van der Waals surface area contributed by atoms with Crippen molar-refractivity contribution < 1.29 is 28.7 Å². The number of carbonyl (C=O) groups excluding carboxylic acids is 5. The van der Waals surface area contributed by atoms with E-state index in [1.54, 1.807) is 6.92 Å². The number of likely N-dealkylation sites (N-methyl/N-ethyl adjacent to an activating group) is 1. The van der Waals surface area contributed by atoms with Gasteiger partial charge in [0.25, 0.3) is 5.91 Å². The second-order valence-electron chi connectivity index (χ2n) is 12.7. The summed E-state index contributed by atoms with van der Waals surface area (Å²) in [5.41, 5.74) is 0.243. The molecule has 6 atom stereocenters. The molecule has 0 spiro atoms. The summed E-state index contributed by atoms with van der Waals surface area (Å²) < 4.78 is 0.567. The fourth-order valence-electron chi connectivity index (χ4n) is 4.88. The van der Waals surface area contributed by atoms with Gasteiger partial charge in [0.05, 0.1) is 11.6 Å². The number of nitrogens with one attached hydrogen (secondary N) is 6. The van der Waals surface area contributed by atoms with Gasteiger partial charge in [-0.3, -0.25) is 24.0 Å². The molecule has 1 rings (SSSR count). The van der Waals surface area contributed by atoms with Gasteiger partial charge in [0.1, 0.15) is 18.1 Å². The Bertz CT molecular complexity index is 1130. The maximum atomic E-state index is 13.5. The maximum absolute atomic E-state index is 13.5. The third-order valence-electron chi connectivity index (χ3n) is 7.82. The zero-order valence-corrected chi connectivity index (χ0v) is 29.1. The van der Waals surface area contributed by atoms with Gasteiger partial charge in [0, 0.05) is 31.3 Å². The van der Waals surface area contributed by atoms with Gasteiger partial charge in [-0.1, -0.05) is 61.3 Å².